The molecule has 11 rings (SSSR count). The van der Waals surface area contributed by atoms with Crippen molar-refractivity contribution < 1.29 is 0 Å². The second-order valence-electron chi connectivity index (χ2n) is 14.1. The van der Waals surface area contributed by atoms with Gasteiger partial charge >= 0.3 is 0 Å². The van der Waals surface area contributed by atoms with Crippen molar-refractivity contribution >= 4 is 54.1 Å². The van der Waals surface area contributed by atoms with Gasteiger partial charge in [0.05, 0.1) is 16.7 Å². The Hall–Kier alpha value is -7.43. The van der Waals surface area contributed by atoms with Crippen LogP contribution in [0.15, 0.2) is 194 Å². The summed E-state index contributed by atoms with van der Waals surface area (Å²) in [6.45, 7) is 0. The summed E-state index contributed by atoms with van der Waals surface area (Å²) in [6, 6.07) is 68.8. The molecule has 0 aliphatic carbocycles. The highest BCUT2D eigenvalue weighted by Gasteiger charge is 2.20. The summed E-state index contributed by atoms with van der Waals surface area (Å²) in [7, 11) is 0. The van der Waals surface area contributed by atoms with Crippen molar-refractivity contribution in [1.82, 2.24) is 19.5 Å². The van der Waals surface area contributed by atoms with E-state index in [1.165, 1.54) is 43.4 Å². The number of hydrogen-bond donors (Lipinski definition) is 0. The van der Waals surface area contributed by atoms with Gasteiger partial charge in [0.25, 0.3) is 0 Å². The van der Waals surface area contributed by atoms with E-state index in [4.69, 9.17) is 15.0 Å². The molecule has 0 aliphatic heterocycles. The number of hydrogen-bond acceptors (Lipinski definition) is 3. The van der Waals surface area contributed by atoms with Gasteiger partial charge in [0.2, 0.25) is 0 Å². The largest absolute Gasteiger partial charge is 0.309 e. The maximum Gasteiger partial charge on any atom is 0.164 e. The van der Waals surface area contributed by atoms with Crippen LogP contribution in [0.25, 0.3) is 105 Å². The zero-order chi connectivity index (χ0) is 36.3. The van der Waals surface area contributed by atoms with Crippen LogP contribution in [-0.2, 0) is 0 Å². The third-order valence-corrected chi connectivity index (χ3v) is 10.8. The molecule has 0 N–H and O–H groups in total. The predicted molar refractivity (Wildman–Crippen MR) is 228 cm³/mol. The van der Waals surface area contributed by atoms with Gasteiger partial charge in [0, 0.05) is 33.0 Å². The van der Waals surface area contributed by atoms with Crippen molar-refractivity contribution in [2.45, 2.75) is 0 Å². The Balaban J connectivity index is 1.19. The second kappa shape index (κ2) is 12.6. The molecule has 0 bridgehead atoms. The smallest absolute Gasteiger partial charge is 0.164 e. The van der Waals surface area contributed by atoms with Gasteiger partial charge in [-0.05, 0) is 80.3 Å². The summed E-state index contributed by atoms with van der Waals surface area (Å²) in [6.07, 6.45) is 0. The molecule has 0 amide bonds. The molecule has 55 heavy (non-hydrogen) atoms. The van der Waals surface area contributed by atoms with Crippen molar-refractivity contribution in [2.75, 3.05) is 0 Å². The highest BCUT2D eigenvalue weighted by molar-refractivity contribution is 6.17. The summed E-state index contributed by atoms with van der Waals surface area (Å²) in [5, 5.41) is 9.58. The Morgan fingerprint density at radius 2 is 0.782 bits per heavy atom. The highest BCUT2D eigenvalue weighted by Crippen LogP contribution is 2.41. The van der Waals surface area contributed by atoms with Crippen molar-refractivity contribution in [3.8, 4) is 51.0 Å². The van der Waals surface area contributed by atoms with Crippen LogP contribution in [-0.4, -0.2) is 19.5 Å². The normalized spacial score (nSPS) is 11.6. The van der Waals surface area contributed by atoms with Gasteiger partial charge in [0.15, 0.2) is 17.5 Å². The zero-order valence-corrected chi connectivity index (χ0v) is 29.8. The summed E-state index contributed by atoms with van der Waals surface area (Å²) in [5.74, 6) is 1.91. The van der Waals surface area contributed by atoms with Gasteiger partial charge in [-0.1, -0.05) is 152 Å². The maximum absolute atomic E-state index is 5.22. The highest BCUT2D eigenvalue weighted by atomic mass is 15.0. The van der Waals surface area contributed by atoms with E-state index in [1.807, 2.05) is 18.2 Å². The molecule has 2 heterocycles. The Bertz CT molecular complexity index is 3160. The Kier molecular flexibility index (Phi) is 7.14. The second-order valence-corrected chi connectivity index (χ2v) is 14.1. The lowest BCUT2D eigenvalue weighted by atomic mass is 9.99. The predicted octanol–water partition coefficient (Wildman–Crippen LogP) is 13.1. The fourth-order valence-electron chi connectivity index (χ4n) is 8.13. The van der Waals surface area contributed by atoms with Gasteiger partial charge in [-0.25, -0.2) is 15.0 Å². The average molecular weight is 701 g/mol. The Labute approximate surface area is 317 Å². The third-order valence-electron chi connectivity index (χ3n) is 10.8. The van der Waals surface area contributed by atoms with Gasteiger partial charge in [-0.15, -0.1) is 0 Å². The maximum atomic E-state index is 5.22. The molecule has 256 valence electrons. The van der Waals surface area contributed by atoms with E-state index in [0.717, 1.165) is 44.3 Å². The first-order chi connectivity index (χ1) is 27.2. The molecule has 2 aromatic heterocycles. The quantitative estimate of drug-likeness (QED) is 0.179. The van der Waals surface area contributed by atoms with E-state index in [9.17, 15) is 0 Å². The molecule has 0 atom stereocenters. The van der Waals surface area contributed by atoms with E-state index >= 15 is 0 Å². The van der Waals surface area contributed by atoms with Crippen molar-refractivity contribution in [3.63, 3.8) is 0 Å². The summed E-state index contributed by atoms with van der Waals surface area (Å²) >= 11 is 0. The van der Waals surface area contributed by atoms with Gasteiger partial charge in [-0.2, -0.15) is 0 Å². The SMILES string of the molecule is c1ccc(-c2nc(-c3ccc(-n4c5cc6ccccc6cc5c5cc6ccccc6cc54)c(-c4ccccc4)c3)nc(-c3cccc4ccccc34)n2)cc1. The fraction of sp³-hybridized carbons (Fsp3) is 0. The number of benzene rings is 9. The molecule has 0 unspecified atom stereocenters. The molecule has 0 saturated heterocycles. The first-order valence-electron chi connectivity index (χ1n) is 18.6. The van der Waals surface area contributed by atoms with Crippen molar-refractivity contribution in [3.05, 3.63) is 194 Å². The molecule has 9 aromatic carbocycles. The number of fused-ring (bicyclic) bond motifs is 6. The topological polar surface area (TPSA) is 43.6 Å². The minimum atomic E-state index is 0.625. The first-order valence-corrected chi connectivity index (χ1v) is 18.6. The van der Waals surface area contributed by atoms with Crippen LogP contribution in [0.1, 0.15) is 0 Å². The summed E-state index contributed by atoms with van der Waals surface area (Å²) < 4.78 is 2.44. The monoisotopic (exact) mass is 700 g/mol. The standard InChI is InChI=1S/C51H32N4/c1-3-14-34(15-4-1)43-30-40(50-52-49(35-17-5-2-6-18-35)53-51(54-50)42-25-13-23-33-16-11-12-24-41(33)42)26-27-46(43)55-47-31-38-21-9-7-19-36(38)28-44(47)45-29-37-20-8-10-22-39(37)32-48(45)55/h1-32H. The number of nitrogens with zero attached hydrogens (tertiary/aromatic N) is 4. The van der Waals surface area contributed by atoms with E-state index in [0.29, 0.717) is 17.5 Å². The minimum Gasteiger partial charge on any atom is -0.309 e. The first kappa shape index (κ1) is 31.1. The number of aromatic nitrogens is 4. The van der Waals surface area contributed by atoms with Crippen LogP contribution >= 0.6 is 0 Å². The molecule has 0 spiro atoms. The van der Waals surface area contributed by atoms with Crippen LogP contribution < -0.4 is 0 Å². The zero-order valence-electron chi connectivity index (χ0n) is 29.8. The lowest BCUT2D eigenvalue weighted by molar-refractivity contribution is 1.07. The van der Waals surface area contributed by atoms with Crippen LogP contribution in [0.2, 0.25) is 0 Å². The van der Waals surface area contributed by atoms with Crippen LogP contribution in [0, 0.1) is 0 Å². The average Bonchev–Trinajstić information content (AvgIpc) is 3.56. The van der Waals surface area contributed by atoms with Crippen molar-refractivity contribution in [2.24, 2.45) is 0 Å². The molecule has 4 heteroatoms. The molecule has 4 nitrogen and oxygen atoms in total. The van der Waals surface area contributed by atoms with Gasteiger partial charge in [-0.3, -0.25) is 0 Å². The minimum absolute atomic E-state index is 0.625. The number of rotatable bonds is 5. The molecular formula is C51H32N4. The van der Waals surface area contributed by atoms with Gasteiger partial charge < -0.3 is 4.57 Å². The lowest BCUT2D eigenvalue weighted by Gasteiger charge is -2.17. The van der Waals surface area contributed by atoms with E-state index in [1.54, 1.807) is 0 Å². The molecule has 0 aliphatic rings. The van der Waals surface area contributed by atoms with Crippen molar-refractivity contribution in [1.29, 1.82) is 0 Å². The summed E-state index contributed by atoms with van der Waals surface area (Å²) in [4.78, 5) is 15.4. The Morgan fingerprint density at radius 3 is 1.42 bits per heavy atom. The third kappa shape index (κ3) is 5.26. The Morgan fingerprint density at radius 1 is 0.291 bits per heavy atom. The van der Waals surface area contributed by atoms with Crippen LogP contribution in [0.3, 0.4) is 0 Å². The lowest BCUT2D eigenvalue weighted by Crippen LogP contribution is -2.02. The van der Waals surface area contributed by atoms with Crippen LogP contribution in [0.4, 0.5) is 0 Å². The van der Waals surface area contributed by atoms with E-state index < -0.39 is 0 Å². The summed E-state index contributed by atoms with van der Waals surface area (Å²) in [5.41, 5.74) is 8.46. The molecule has 11 aromatic rings. The molecule has 0 radical (unpaired) electrons. The molecule has 0 saturated carbocycles. The van der Waals surface area contributed by atoms with Crippen LogP contribution in [0.5, 0.6) is 0 Å². The molecule has 0 fully saturated rings. The van der Waals surface area contributed by atoms with E-state index in [-0.39, 0.29) is 0 Å². The molecular weight excluding hydrogens is 669 g/mol. The van der Waals surface area contributed by atoms with Gasteiger partial charge in [0.1, 0.15) is 0 Å². The fourth-order valence-corrected chi connectivity index (χ4v) is 8.13. The van der Waals surface area contributed by atoms with E-state index in [2.05, 4.69) is 180 Å².